The van der Waals surface area contributed by atoms with E-state index in [1.807, 2.05) is 6.92 Å². The molecule has 14 heteroatoms. The zero-order valence-electron chi connectivity index (χ0n) is 28.2. The lowest BCUT2D eigenvalue weighted by Gasteiger charge is -2.30. The highest BCUT2D eigenvalue weighted by Gasteiger charge is 2.49. The van der Waals surface area contributed by atoms with Gasteiger partial charge in [-0.25, -0.2) is 17.2 Å². The number of aliphatic hydroxyl groups is 1. The molecule has 0 spiro atoms. The first-order chi connectivity index (χ1) is 23.6. The molecule has 6 atom stereocenters. The number of hydrogen-bond donors (Lipinski definition) is 2. The van der Waals surface area contributed by atoms with Crippen LogP contribution in [0, 0.1) is 23.5 Å². The van der Waals surface area contributed by atoms with E-state index in [0.29, 0.717) is 37.5 Å². The van der Waals surface area contributed by atoms with Crippen molar-refractivity contribution < 1.29 is 50.8 Å². The molecule has 0 aliphatic carbocycles. The predicted octanol–water partition coefficient (Wildman–Crippen LogP) is 3.95. The van der Waals surface area contributed by atoms with Crippen molar-refractivity contribution >= 4 is 16.0 Å². The van der Waals surface area contributed by atoms with Crippen molar-refractivity contribution in [2.45, 2.75) is 87.9 Å². The van der Waals surface area contributed by atoms with Gasteiger partial charge >= 0.3 is 5.97 Å². The van der Waals surface area contributed by atoms with Crippen LogP contribution in [0.3, 0.4) is 0 Å². The third kappa shape index (κ3) is 9.75. The summed E-state index contributed by atoms with van der Waals surface area (Å²) in [5, 5.41) is 15.1. The van der Waals surface area contributed by atoms with Crippen molar-refractivity contribution in [3.8, 4) is 5.75 Å². The molecule has 2 saturated heterocycles. The smallest absolute Gasteiger partial charge is 0.306 e. The molecule has 5 rings (SSSR count). The summed E-state index contributed by atoms with van der Waals surface area (Å²) in [6.45, 7) is 3.56. The van der Waals surface area contributed by atoms with Gasteiger partial charge in [-0.05, 0) is 61.7 Å². The van der Waals surface area contributed by atoms with Crippen molar-refractivity contribution in [2.24, 2.45) is 11.8 Å². The largest absolute Gasteiger partial charge is 0.497 e. The Hall–Kier alpha value is -2.72. The summed E-state index contributed by atoms with van der Waals surface area (Å²) in [4.78, 5) is 13.5. The zero-order chi connectivity index (χ0) is 35.0. The Balaban J connectivity index is 1.39. The molecule has 2 N–H and O–H groups in total. The van der Waals surface area contributed by atoms with Crippen molar-refractivity contribution in [3.63, 3.8) is 0 Å². The van der Waals surface area contributed by atoms with Gasteiger partial charge < -0.3 is 34.1 Å². The lowest BCUT2D eigenvalue weighted by atomic mass is 9.90. The molecule has 3 aliphatic heterocycles. The summed E-state index contributed by atoms with van der Waals surface area (Å²) in [7, 11) is -2.67. The molecule has 2 fully saturated rings. The monoisotopic (exact) mass is 710 g/mol. The lowest BCUT2D eigenvalue weighted by Crippen LogP contribution is -2.44. The van der Waals surface area contributed by atoms with Gasteiger partial charge in [0.2, 0.25) is 10.0 Å². The van der Waals surface area contributed by atoms with Crippen LogP contribution in [0.25, 0.3) is 0 Å². The quantitative estimate of drug-likeness (QED) is 0.331. The van der Waals surface area contributed by atoms with Gasteiger partial charge in [0.05, 0.1) is 50.3 Å². The predicted molar refractivity (Wildman–Crippen MR) is 175 cm³/mol. The minimum absolute atomic E-state index is 0.0349. The van der Waals surface area contributed by atoms with E-state index in [1.165, 1.54) is 17.5 Å². The Morgan fingerprint density at radius 1 is 1.06 bits per heavy atom. The first kappa shape index (κ1) is 37.5. The average molecular weight is 711 g/mol. The molecule has 0 radical (unpaired) electrons. The second kappa shape index (κ2) is 17.5. The molecule has 3 heterocycles. The van der Waals surface area contributed by atoms with Gasteiger partial charge in [-0.3, -0.25) is 4.79 Å². The molecular weight excluding hydrogens is 662 g/mol. The Kier molecular flexibility index (Phi) is 13.4. The number of nitrogens with one attached hydrogen (secondary N) is 1. The Bertz CT molecular complexity index is 1490. The van der Waals surface area contributed by atoms with Crippen LogP contribution >= 0.6 is 0 Å². The SMILES string of the molecule is CCN[C@H]1CO[C@@H]2OC[C@H](OC(=O)C[C@@H](Cc3cc(F)cc(F)c3)[C@H](O)CN3CCCCCCCOCc4cc(OC)ccc4S3(=O)=O)[C@@H]21. The van der Waals surface area contributed by atoms with Crippen LogP contribution in [0.5, 0.6) is 5.75 Å². The summed E-state index contributed by atoms with van der Waals surface area (Å²) in [6, 6.07) is 7.62. The number of hydrogen-bond acceptors (Lipinski definition) is 10. The Morgan fingerprint density at radius 2 is 1.80 bits per heavy atom. The number of halogens is 2. The number of esters is 1. The summed E-state index contributed by atoms with van der Waals surface area (Å²) in [5.41, 5.74) is 0.648. The highest BCUT2D eigenvalue weighted by atomic mass is 32.2. The van der Waals surface area contributed by atoms with Gasteiger partial charge in [0.1, 0.15) is 23.5 Å². The fourth-order valence-electron chi connectivity index (χ4n) is 6.94. The van der Waals surface area contributed by atoms with Crippen LogP contribution in [0.4, 0.5) is 8.78 Å². The number of benzene rings is 2. The van der Waals surface area contributed by atoms with E-state index in [-0.39, 0.29) is 61.6 Å². The average Bonchev–Trinajstić information content (AvgIpc) is 3.65. The number of likely N-dealkylation sites (N-methyl/N-ethyl adjacent to an activating group) is 1. The first-order valence-electron chi connectivity index (χ1n) is 17.1. The third-order valence-electron chi connectivity index (χ3n) is 9.45. The van der Waals surface area contributed by atoms with E-state index in [1.54, 1.807) is 12.1 Å². The second-order valence-corrected chi connectivity index (χ2v) is 14.9. The second-order valence-electron chi connectivity index (χ2n) is 13.0. The Labute approximate surface area is 287 Å². The normalized spacial score (nSPS) is 26.0. The number of rotatable bonds is 11. The van der Waals surface area contributed by atoms with Crippen molar-refractivity contribution in [1.82, 2.24) is 9.62 Å². The van der Waals surface area contributed by atoms with Crippen LogP contribution in [0.15, 0.2) is 41.3 Å². The Morgan fingerprint density at radius 3 is 2.55 bits per heavy atom. The molecule has 49 heavy (non-hydrogen) atoms. The van der Waals surface area contributed by atoms with Gasteiger partial charge in [0, 0.05) is 43.3 Å². The number of nitrogens with zero attached hydrogens (tertiary/aromatic N) is 1. The molecule has 2 aromatic carbocycles. The van der Waals surface area contributed by atoms with Gasteiger partial charge in [-0.2, -0.15) is 4.31 Å². The standard InChI is InChI=1S/C35H48F2N2O9S/c1-3-38-29-21-46-35-34(29)31(22-47-35)48-33(41)17-24(13-23-14-26(36)18-27(37)15-23)30(40)19-39-11-7-5-4-6-8-12-45-20-25-16-28(44-2)9-10-32(25)49(39,42)43/h9-10,14-16,18,24,29-31,34-35,38,40H,3-8,11-13,17,19-22H2,1-2H3/t24-,29+,30-,31+,34+,35-/m1/s1. The van der Waals surface area contributed by atoms with Crippen molar-refractivity contribution in [3.05, 3.63) is 59.2 Å². The molecule has 3 aliphatic rings. The number of carbonyl (C=O) groups is 1. The summed E-state index contributed by atoms with van der Waals surface area (Å²) in [6.07, 6.45) is 1.10. The molecule has 0 saturated carbocycles. The molecule has 2 aromatic rings. The maximum absolute atomic E-state index is 14.3. The van der Waals surface area contributed by atoms with Crippen LogP contribution in [0.1, 0.15) is 56.6 Å². The van der Waals surface area contributed by atoms with Gasteiger partial charge in [-0.1, -0.05) is 26.2 Å². The number of fused-ring (bicyclic) bond motifs is 2. The minimum atomic E-state index is -4.17. The van der Waals surface area contributed by atoms with E-state index in [2.05, 4.69) is 5.32 Å². The van der Waals surface area contributed by atoms with Crippen LogP contribution in [-0.2, 0) is 46.8 Å². The third-order valence-corrected chi connectivity index (χ3v) is 11.4. The fraction of sp³-hybridized carbons (Fsp3) is 0.629. The fourth-order valence-corrected chi connectivity index (χ4v) is 8.63. The van der Waals surface area contributed by atoms with Crippen LogP contribution in [0.2, 0.25) is 0 Å². The highest BCUT2D eigenvalue weighted by Crippen LogP contribution is 2.34. The maximum Gasteiger partial charge on any atom is 0.306 e. The number of sulfonamides is 1. The van der Waals surface area contributed by atoms with Gasteiger partial charge in [-0.15, -0.1) is 0 Å². The van der Waals surface area contributed by atoms with Gasteiger partial charge in [0.25, 0.3) is 0 Å². The van der Waals surface area contributed by atoms with E-state index in [9.17, 15) is 27.1 Å². The topological polar surface area (TPSA) is 133 Å². The molecule has 0 aromatic heterocycles. The molecule has 0 unspecified atom stereocenters. The maximum atomic E-state index is 14.3. The van der Waals surface area contributed by atoms with Crippen LogP contribution in [-0.4, -0.2) is 94.9 Å². The zero-order valence-corrected chi connectivity index (χ0v) is 29.0. The van der Waals surface area contributed by atoms with E-state index >= 15 is 0 Å². The molecule has 11 nitrogen and oxygen atoms in total. The van der Waals surface area contributed by atoms with E-state index < -0.39 is 52.0 Å². The number of aliphatic hydroxyl groups excluding tert-OH is 1. The highest BCUT2D eigenvalue weighted by molar-refractivity contribution is 7.89. The summed E-state index contributed by atoms with van der Waals surface area (Å²) < 4.78 is 86.7. The van der Waals surface area contributed by atoms with E-state index in [0.717, 1.165) is 43.9 Å². The minimum Gasteiger partial charge on any atom is -0.497 e. The number of methoxy groups -OCH3 is 1. The van der Waals surface area contributed by atoms with Crippen molar-refractivity contribution in [1.29, 1.82) is 0 Å². The summed E-state index contributed by atoms with van der Waals surface area (Å²) in [5.74, 6) is -2.91. The molecular formula is C35H48F2N2O9S. The molecule has 0 amide bonds. The first-order valence-corrected chi connectivity index (χ1v) is 18.6. The number of carbonyl (C=O) groups excluding carboxylic acids is 1. The lowest BCUT2D eigenvalue weighted by molar-refractivity contribution is -0.153. The number of β-amino-alcohol motifs (C(OH)–C–C–N with tert-alkyl or cyclic N) is 1. The van der Waals surface area contributed by atoms with E-state index in [4.69, 9.17) is 23.7 Å². The number of ether oxygens (including phenoxy) is 5. The van der Waals surface area contributed by atoms with Crippen molar-refractivity contribution in [2.75, 3.05) is 46.6 Å². The summed E-state index contributed by atoms with van der Waals surface area (Å²) >= 11 is 0. The van der Waals surface area contributed by atoms with Gasteiger partial charge in [0.15, 0.2) is 6.29 Å². The molecule has 272 valence electrons. The van der Waals surface area contributed by atoms with Crippen LogP contribution < -0.4 is 10.1 Å². The molecule has 0 bridgehead atoms.